The van der Waals surface area contributed by atoms with Crippen LogP contribution in [0.25, 0.3) is 0 Å². The van der Waals surface area contributed by atoms with Gasteiger partial charge >= 0.3 is 109 Å². The predicted molar refractivity (Wildman–Crippen MR) is 66.1 cm³/mol. The first-order valence-electron chi connectivity index (χ1n) is 5.82. The zero-order chi connectivity index (χ0) is 12.0. The van der Waals surface area contributed by atoms with Gasteiger partial charge in [0.1, 0.15) is 0 Å². The molecule has 3 atom stereocenters. The molecule has 4 heterocycles. The van der Waals surface area contributed by atoms with Gasteiger partial charge in [-0.05, 0) is 0 Å². The van der Waals surface area contributed by atoms with E-state index >= 15 is 0 Å². The second-order valence-corrected chi connectivity index (χ2v) is 7.85. The zero-order valence-electron chi connectivity index (χ0n) is 9.24. The number of aliphatic carboxylic acids is 1. The van der Waals surface area contributed by atoms with Gasteiger partial charge in [-0.1, -0.05) is 0 Å². The van der Waals surface area contributed by atoms with Gasteiger partial charge in [-0.15, -0.1) is 0 Å². The van der Waals surface area contributed by atoms with Crippen LogP contribution in [-0.4, -0.2) is 44.2 Å². The van der Waals surface area contributed by atoms with E-state index in [2.05, 4.69) is 0 Å². The van der Waals surface area contributed by atoms with Crippen LogP contribution < -0.4 is 5.69 Å². The molecular weight excluding hydrogens is 307 g/mol. The van der Waals surface area contributed by atoms with Crippen LogP contribution in [0.3, 0.4) is 0 Å². The summed E-state index contributed by atoms with van der Waals surface area (Å²) >= 11 is 2.23. The maximum atomic E-state index is 11.6. The van der Waals surface area contributed by atoms with Gasteiger partial charge in [0.05, 0.1) is 0 Å². The van der Waals surface area contributed by atoms with Crippen LogP contribution in [-0.2, 0) is 4.79 Å². The Morgan fingerprint density at radius 3 is 3.00 bits per heavy atom. The van der Waals surface area contributed by atoms with Crippen LogP contribution in [0.1, 0.15) is 37.8 Å². The molecule has 0 aliphatic carbocycles. The number of unbranched alkanes of at least 4 members (excludes halogenated alkanes) is 1. The average molecular weight is 321 g/mol. The number of carboxylic acid groups (broad SMARTS) is 1. The average Bonchev–Trinajstić information content (AvgIpc) is 2.89. The molecule has 1 aromatic heterocycles. The molecule has 3 aliphatic rings. The molecule has 0 aromatic carbocycles. The van der Waals surface area contributed by atoms with Gasteiger partial charge in [0, 0.05) is 0 Å². The van der Waals surface area contributed by atoms with Gasteiger partial charge in [0.2, 0.25) is 0 Å². The van der Waals surface area contributed by atoms with E-state index < -0.39 is 5.97 Å². The van der Waals surface area contributed by atoms with E-state index in [1.807, 2.05) is 18.9 Å². The van der Waals surface area contributed by atoms with Crippen LogP contribution >= 0.6 is 11.8 Å². The van der Waals surface area contributed by atoms with Gasteiger partial charge in [-0.25, -0.2) is 0 Å². The number of thioether (sulfide) groups is 1. The molecule has 1 aromatic rings. The molecule has 0 radical (unpaired) electrons. The maximum absolute atomic E-state index is 11.6. The monoisotopic (exact) mass is 322 g/mol. The Labute approximate surface area is 109 Å². The molecule has 1 N–H and O–H groups in total. The van der Waals surface area contributed by atoms with Crippen LogP contribution in [0.5, 0.6) is 0 Å². The van der Waals surface area contributed by atoms with Crippen molar-refractivity contribution in [3.63, 3.8) is 0 Å². The fraction of sp³-hybridized carbons (Fsp3) is 0.800. The van der Waals surface area contributed by atoms with Crippen molar-refractivity contribution in [2.75, 3.05) is 5.75 Å². The summed E-state index contributed by atoms with van der Waals surface area (Å²) in [4.78, 5) is 22.0. The van der Waals surface area contributed by atoms with Crippen molar-refractivity contribution in [3.8, 4) is 0 Å². The molecule has 3 aliphatic heterocycles. The van der Waals surface area contributed by atoms with Gasteiger partial charge in [0.25, 0.3) is 0 Å². The van der Waals surface area contributed by atoms with E-state index in [1.165, 1.54) is 0 Å². The van der Waals surface area contributed by atoms with Gasteiger partial charge in [-0.2, -0.15) is 0 Å². The second kappa shape index (κ2) is 4.37. The molecule has 1 fully saturated rings. The Balaban J connectivity index is 1.53. The summed E-state index contributed by atoms with van der Waals surface area (Å²) in [6.45, 7) is 0. The van der Waals surface area contributed by atoms with Gasteiger partial charge < -0.3 is 0 Å². The number of hydrogen-bond donors (Lipinski definition) is 1. The van der Waals surface area contributed by atoms with Crippen molar-refractivity contribution in [1.82, 2.24) is 7.12 Å². The summed E-state index contributed by atoms with van der Waals surface area (Å²) in [7, 11) is 0. The first-order valence-corrected chi connectivity index (χ1v) is 8.40. The van der Waals surface area contributed by atoms with E-state index in [-0.39, 0.29) is 27.1 Å². The second-order valence-electron chi connectivity index (χ2n) is 4.59. The molecule has 0 spiro atoms. The minimum atomic E-state index is -0.710. The topological polar surface area (TPSA) is 64.2 Å². The standard InChI is InChI=1S/C10H14N2O3SSe/c13-8(14)4-2-1-3-7-9-6(5-16-7)11-10(15)12(9)17-11/h6-7,9H,1-5H2,(H,13,14)/t6-,7-,9-/m1/s1. The Hall–Kier alpha value is -0.391. The third kappa shape index (κ3) is 1.84. The summed E-state index contributed by atoms with van der Waals surface area (Å²) in [6.07, 6.45) is 3.03. The van der Waals surface area contributed by atoms with Gasteiger partial charge in [0.15, 0.2) is 0 Å². The van der Waals surface area contributed by atoms with Gasteiger partial charge in [-0.3, -0.25) is 0 Å². The molecule has 0 saturated carbocycles. The predicted octanol–water partition coefficient (Wildman–Crippen LogP) is 0.563. The molecule has 0 unspecified atom stereocenters. The van der Waals surface area contributed by atoms with Crippen molar-refractivity contribution in [2.24, 2.45) is 0 Å². The van der Waals surface area contributed by atoms with E-state index in [0.29, 0.717) is 17.3 Å². The van der Waals surface area contributed by atoms with Crippen LogP contribution in [0.15, 0.2) is 4.79 Å². The first kappa shape index (κ1) is 11.7. The first-order chi connectivity index (χ1) is 8.18. The molecule has 1 saturated heterocycles. The molecule has 94 valence electrons. The number of hydrogen-bond acceptors (Lipinski definition) is 3. The van der Waals surface area contributed by atoms with E-state index in [4.69, 9.17) is 5.11 Å². The van der Waals surface area contributed by atoms with Crippen molar-refractivity contribution >= 4 is 32.7 Å². The summed E-state index contributed by atoms with van der Waals surface area (Å²) in [6, 6.07) is 0.884. The summed E-state index contributed by atoms with van der Waals surface area (Å²) < 4.78 is 4.07. The Kier molecular flexibility index (Phi) is 3.00. The summed E-state index contributed by atoms with van der Waals surface area (Å²) in [5, 5.41) is 9.11. The van der Waals surface area contributed by atoms with E-state index in [0.717, 1.165) is 25.0 Å². The number of carboxylic acids is 1. The fourth-order valence-corrected chi connectivity index (χ4v) is 7.01. The number of aromatic nitrogens is 2. The molecule has 2 bridgehead atoms. The Morgan fingerprint density at radius 1 is 1.47 bits per heavy atom. The van der Waals surface area contributed by atoms with Crippen LogP contribution in [0, 0.1) is 0 Å². The summed E-state index contributed by atoms with van der Waals surface area (Å²) in [5.74, 6) is 0.358. The Bertz CT molecular complexity index is 491. The Morgan fingerprint density at radius 2 is 2.29 bits per heavy atom. The molecule has 17 heavy (non-hydrogen) atoms. The number of nitrogens with zero attached hydrogens (tertiary/aromatic N) is 2. The molecule has 5 nitrogen and oxygen atoms in total. The van der Waals surface area contributed by atoms with Crippen molar-refractivity contribution < 1.29 is 9.90 Å². The third-order valence-electron chi connectivity index (χ3n) is 3.51. The normalized spacial score (nSPS) is 29.8. The van der Waals surface area contributed by atoms with Crippen molar-refractivity contribution in [3.05, 3.63) is 10.5 Å². The minimum absolute atomic E-state index is 0.232. The zero-order valence-corrected chi connectivity index (χ0v) is 11.8. The molecule has 4 rings (SSSR count). The molecule has 0 amide bonds. The third-order valence-corrected chi connectivity index (χ3v) is 7.46. The number of carbonyl (C=O) groups is 1. The quantitative estimate of drug-likeness (QED) is 0.636. The van der Waals surface area contributed by atoms with Crippen LogP contribution in [0.4, 0.5) is 0 Å². The fourth-order valence-electron chi connectivity index (χ4n) is 2.67. The van der Waals surface area contributed by atoms with E-state index in [9.17, 15) is 9.59 Å². The SMILES string of the molecule is O=C(O)CCCC[C@H]1SC[C@@H]2[C@H]1n1[se]n2c1=O. The van der Waals surface area contributed by atoms with Crippen LogP contribution in [0.2, 0.25) is 0 Å². The number of rotatable bonds is 5. The molecule has 7 heteroatoms. The summed E-state index contributed by atoms with van der Waals surface area (Å²) in [5.41, 5.74) is 0.232. The van der Waals surface area contributed by atoms with Crippen molar-refractivity contribution in [2.45, 2.75) is 43.0 Å². The molecular formula is C10H14N2O3SSe. The van der Waals surface area contributed by atoms with Crippen molar-refractivity contribution in [1.29, 1.82) is 0 Å². The van der Waals surface area contributed by atoms with E-state index in [1.54, 1.807) is 0 Å².